The Morgan fingerprint density at radius 2 is 1.73 bits per heavy atom. The van der Waals surface area contributed by atoms with Crippen molar-refractivity contribution in [2.45, 2.75) is 11.4 Å². The molecule has 0 saturated heterocycles. The number of rotatable bonds is 8. The van der Waals surface area contributed by atoms with E-state index in [2.05, 4.69) is 35.3 Å². The lowest BCUT2D eigenvalue weighted by atomic mass is 10.2. The van der Waals surface area contributed by atoms with Gasteiger partial charge in [0.25, 0.3) is 0 Å². The van der Waals surface area contributed by atoms with Crippen molar-refractivity contribution in [2.75, 3.05) is 27.9 Å². The zero-order valence-electron chi connectivity index (χ0n) is 17.7. The number of hydrogen-bond acceptors (Lipinski definition) is 8. The largest absolute Gasteiger partial charge is 0.363 e. The Kier molecular flexibility index (Phi) is 5.91. The maximum atomic E-state index is 11.8. The van der Waals surface area contributed by atoms with E-state index in [1.807, 2.05) is 6.07 Å². The summed E-state index contributed by atoms with van der Waals surface area (Å²) < 4.78 is 49.0. The van der Waals surface area contributed by atoms with Crippen LogP contribution in [0, 0.1) is 0 Å². The van der Waals surface area contributed by atoms with Crippen molar-refractivity contribution in [3.63, 3.8) is 0 Å². The molecule has 0 saturated carbocycles. The fraction of sp³-hybridized carbons (Fsp3) is 0.150. The number of benzene rings is 2. The molecule has 172 valence electrons. The van der Waals surface area contributed by atoms with E-state index < -0.39 is 19.9 Å². The van der Waals surface area contributed by atoms with Crippen LogP contribution in [0.3, 0.4) is 0 Å². The number of sulfone groups is 1. The number of nitrogens with one attached hydrogen (secondary N) is 5. The van der Waals surface area contributed by atoms with Crippen LogP contribution >= 0.6 is 0 Å². The van der Waals surface area contributed by atoms with E-state index in [-0.39, 0.29) is 10.8 Å². The smallest absolute Gasteiger partial charge is 0.307 e. The van der Waals surface area contributed by atoms with Crippen LogP contribution in [0.1, 0.15) is 5.56 Å². The number of sulfonamides is 1. The van der Waals surface area contributed by atoms with E-state index in [4.69, 9.17) is 0 Å². The molecule has 0 bridgehead atoms. The maximum absolute atomic E-state index is 11.8. The number of fused-ring (bicyclic) bond motifs is 1. The molecule has 2 heterocycles. The highest BCUT2D eigenvalue weighted by Gasteiger charge is 2.17. The highest BCUT2D eigenvalue weighted by molar-refractivity contribution is 7.92. The van der Waals surface area contributed by atoms with Gasteiger partial charge in [-0.3, -0.25) is 9.71 Å². The molecule has 0 atom stereocenters. The number of aromatic nitrogens is 4. The summed E-state index contributed by atoms with van der Waals surface area (Å²) in [6, 6.07) is 13.4. The van der Waals surface area contributed by atoms with Crippen molar-refractivity contribution in [1.29, 1.82) is 0 Å². The van der Waals surface area contributed by atoms with Gasteiger partial charge in [0.2, 0.25) is 15.5 Å². The lowest BCUT2D eigenvalue weighted by molar-refractivity contribution is -0.347. The molecule has 0 unspecified atom stereocenters. The average Bonchev–Trinajstić information content (AvgIpc) is 3.19. The van der Waals surface area contributed by atoms with Crippen molar-refractivity contribution in [2.24, 2.45) is 0 Å². The summed E-state index contributed by atoms with van der Waals surface area (Å²) in [6.07, 6.45) is 3.87. The number of aromatic amines is 2. The molecule has 0 amide bonds. The molecule has 0 radical (unpaired) electrons. The van der Waals surface area contributed by atoms with Crippen LogP contribution in [0.5, 0.6) is 0 Å². The van der Waals surface area contributed by atoms with Crippen molar-refractivity contribution in [1.82, 2.24) is 15.0 Å². The van der Waals surface area contributed by atoms with E-state index in [1.54, 1.807) is 48.8 Å². The first-order chi connectivity index (χ1) is 15.6. The van der Waals surface area contributed by atoms with E-state index in [0.717, 1.165) is 11.8 Å². The van der Waals surface area contributed by atoms with Gasteiger partial charge in [0, 0.05) is 18.5 Å². The molecule has 33 heavy (non-hydrogen) atoms. The molecule has 11 nitrogen and oxygen atoms in total. The molecule has 2 aromatic heterocycles. The number of H-pyrrole nitrogens is 2. The van der Waals surface area contributed by atoms with E-state index in [9.17, 15) is 16.8 Å². The van der Waals surface area contributed by atoms with Gasteiger partial charge in [-0.25, -0.2) is 21.8 Å². The van der Waals surface area contributed by atoms with Crippen LogP contribution in [0.4, 0.5) is 23.1 Å². The Hall–Kier alpha value is -3.71. The van der Waals surface area contributed by atoms with Crippen molar-refractivity contribution in [3.8, 4) is 0 Å². The molecular formula is C20H22N7O4S2+. The van der Waals surface area contributed by atoms with Gasteiger partial charge >= 0.3 is 11.6 Å². The van der Waals surface area contributed by atoms with Gasteiger partial charge in [0.15, 0.2) is 22.0 Å². The first kappa shape index (κ1) is 22.5. The summed E-state index contributed by atoms with van der Waals surface area (Å²) in [5.74, 6) is 0.779. The molecule has 13 heteroatoms. The molecule has 5 N–H and O–H groups in total. The zero-order valence-corrected chi connectivity index (χ0v) is 19.4. The summed E-state index contributed by atoms with van der Waals surface area (Å²) >= 11 is 0. The summed E-state index contributed by atoms with van der Waals surface area (Å²) in [4.78, 5) is 15.2. The monoisotopic (exact) mass is 488 g/mol. The van der Waals surface area contributed by atoms with Gasteiger partial charge < -0.3 is 10.6 Å². The SMILES string of the molecule is CS(=O)(=O)Nc1cccc(Nc2nc(NCc3cccc(S(C)(=O)=O)c3)c3[nH]c[nH+]c3n2)c1. The van der Waals surface area contributed by atoms with Crippen LogP contribution in [0.2, 0.25) is 0 Å². The van der Waals surface area contributed by atoms with Crippen LogP contribution in [-0.2, 0) is 26.4 Å². The summed E-state index contributed by atoms with van der Waals surface area (Å²) in [6.45, 7) is 0.335. The lowest BCUT2D eigenvalue weighted by Gasteiger charge is -2.09. The molecule has 2 aromatic carbocycles. The third-order valence-electron chi connectivity index (χ3n) is 4.54. The van der Waals surface area contributed by atoms with E-state index in [1.165, 1.54) is 6.26 Å². The number of anilines is 4. The van der Waals surface area contributed by atoms with Crippen molar-refractivity contribution < 1.29 is 21.8 Å². The second-order valence-corrected chi connectivity index (χ2v) is 11.2. The third-order valence-corrected chi connectivity index (χ3v) is 6.26. The fourth-order valence-electron chi connectivity index (χ4n) is 3.14. The Bertz CT molecular complexity index is 1530. The average molecular weight is 489 g/mol. The normalized spacial score (nSPS) is 11.9. The van der Waals surface area contributed by atoms with Gasteiger partial charge in [-0.15, -0.1) is 0 Å². The highest BCUT2D eigenvalue weighted by Crippen LogP contribution is 2.23. The Labute approximate surface area is 190 Å². The number of hydrogen-bond donors (Lipinski definition) is 4. The van der Waals surface area contributed by atoms with Crippen molar-refractivity contribution >= 4 is 54.2 Å². The first-order valence-electron chi connectivity index (χ1n) is 9.71. The number of imidazole rings is 1. The predicted octanol–water partition coefficient (Wildman–Crippen LogP) is 1.90. The summed E-state index contributed by atoms with van der Waals surface area (Å²) in [5.41, 5.74) is 2.96. The molecular weight excluding hydrogens is 466 g/mol. The van der Waals surface area contributed by atoms with E-state index in [0.29, 0.717) is 34.9 Å². The summed E-state index contributed by atoms with van der Waals surface area (Å²) in [5, 5.41) is 6.28. The van der Waals surface area contributed by atoms with Gasteiger partial charge in [-0.05, 0) is 35.9 Å². The van der Waals surface area contributed by atoms with Gasteiger partial charge in [-0.2, -0.15) is 4.98 Å². The quantitative estimate of drug-likeness (QED) is 0.292. The molecule has 0 aliphatic carbocycles. The van der Waals surface area contributed by atoms with E-state index >= 15 is 0 Å². The molecule has 0 fully saturated rings. The minimum Gasteiger partial charge on any atom is -0.363 e. The van der Waals surface area contributed by atoms with Crippen molar-refractivity contribution in [3.05, 3.63) is 60.4 Å². The molecule has 0 aliphatic heterocycles. The second-order valence-electron chi connectivity index (χ2n) is 7.41. The van der Waals surface area contributed by atoms with Crippen LogP contribution < -0.4 is 20.3 Å². The molecule has 4 aromatic rings. The molecule has 0 spiro atoms. The maximum Gasteiger partial charge on any atom is 0.307 e. The van der Waals surface area contributed by atoms with Crippen LogP contribution in [-0.4, -0.2) is 44.3 Å². The van der Waals surface area contributed by atoms with Gasteiger partial charge in [0.1, 0.15) is 0 Å². The molecule has 0 aliphatic rings. The highest BCUT2D eigenvalue weighted by atomic mass is 32.2. The van der Waals surface area contributed by atoms with Gasteiger partial charge in [0.05, 0.1) is 16.8 Å². The topological polar surface area (TPSA) is 160 Å². The Morgan fingerprint density at radius 3 is 2.48 bits per heavy atom. The predicted molar refractivity (Wildman–Crippen MR) is 126 cm³/mol. The first-order valence-corrected chi connectivity index (χ1v) is 13.5. The minimum absolute atomic E-state index is 0.243. The van der Waals surface area contributed by atoms with Gasteiger partial charge in [-0.1, -0.05) is 23.2 Å². The summed E-state index contributed by atoms with van der Waals surface area (Å²) in [7, 11) is -6.71. The lowest BCUT2D eigenvalue weighted by Crippen LogP contribution is -2.10. The second kappa shape index (κ2) is 8.67. The van der Waals surface area contributed by atoms with Crippen LogP contribution in [0.15, 0.2) is 59.8 Å². The fourth-order valence-corrected chi connectivity index (χ4v) is 4.38. The third kappa shape index (κ3) is 5.75. The number of nitrogens with zero attached hydrogens (tertiary/aromatic N) is 2. The minimum atomic E-state index is -3.41. The zero-order chi connectivity index (χ0) is 23.6. The molecule has 4 rings (SSSR count). The Morgan fingerprint density at radius 1 is 0.970 bits per heavy atom. The Balaban J connectivity index is 1.59. The van der Waals surface area contributed by atoms with Crippen LogP contribution in [0.25, 0.3) is 11.2 Å². The standard InChI is InChI=1S/C20H21N7O4S2/c1-32(28,29)16-8-3-5-13(9-16)11-21-18-17-19(23-12-22-17)26-20(25-18)24-14-6-4-7-15(10-14)27-33(2,30)31/h3-10,12,27H,11H2,1-2H3,(H3,21,22,23,24,25,26)/p+1.